The second kappa shape index (κ2) is 11.9. The Kier molecular flexibility index (Phi) is 8.83. The van der Waals surface area contributed by atoms with E-state index in [0.717, 1.165) is 24.8 Å². The van der Waals surface area contributed by atoms with Crippen LogP contribution in [0.5, 0.6) is 0 Å². The van der Waals surface area contributed by atoms with Gasteiger partial charge in [-0.25, -0.2) is 4.99 Å². The average molecular weight is 550 g/mol. The van der Waals surface area contributed by atoms with Gasteiger partial charge >= 0.3 is 0 Å². The van der Waals surface area contributed by atoms with Gasteiger partial charge in [0.15, 0.2) is 0 Å². The number of aldehydes is 1. The SMILES string of the molecule is C[C@@H](CN(CC1CCS(=O)CC1)C1N=C(c2ccccc2Cl)N(c2ccc(Cl)cc2)C1C=O)C(N)=O. The van der Waals surface area contributed by atoms with Crippen LogP contribution in [-0.4, -0.2) is 63.9 Å². The molecule has 10 heteroatoms. The summed E-state index contributed by atoms with van der Waals surface area (Å²) in [6, 6.07) is 14.0. The first-order valence-corrected chi connectivity index (χ1v) is 14.2. The predicted molar refractivity (Wildman–Crippen MR) is 146 cm³/mol. The minimum absolute atomic E-state index is 0.290. The van der Waals surface area contributed by atoms with Crippen LogP contribution in [0, 0.1) is 11.8 Å². The van der Waals surface area contributed by atoms with Crippen molar-refractivity contribution in [3.8, 4) is 0 Å². The van der Waals surface area contributed by atoms with Gasteiger partial charge in [-0.15, -0.1) is 0 Å². The molecule has 0 bridgehead atoms. The summed E-state index contributed by atoms with van der Waals surface area (Å²) in [5.41, 5.74) is 7.09. The van der Waals surface area contributed by atoms with Crippen molar-refractivity contribution < 1.29 is 13.8 Å². The normalized spacial score (nSPS) is 25.0. The van der Waals surface area contributed by atoms with Gasteiger partial charge in [0.2, 0.25) is 5.91 Å². The van der Waals surface area contributed by atoms with Crippen LogP contribution in [0.15, 0.2) is 53.5 Å². The molecule has 4 rings (SSSR count). The highest BCUT2D eigenvalue weighted by atomic mass is 35.5. The van der Waals surface area contributed by atoms with E-state index < -0.39 is 34.8 Å². The zero-order valence-corrected chi connectivity index (χ0v) is 22.4. The number of aliphatic imine (C=N–C) groups is 1. The lowest BCUT2D eigenvalue weighted by atomic mass is 10.00. The van der Waals surface area contributed by atoms with Crippen LogP contribution in [0.3, 0.4) is 0 Å². The molecule has 2 N–H and O–H groups in total. The van der Waals surface area contributed by atoms with Crippen LogP contribution in [0.25, 0.3) is 0 Å². The van der Waals surface area contributed by atoms with Crippen molar-refractivity contribution in [3.05, 3.63) is 64.1 Å². The molecular formula is C26H30Cl2N4O3S. The molecule has 2 heterocycles. The summed E-state index contributed by atoms with van der Waals surface area (Å²) in [6.07, 6.45) is 1.99. The molecule has 1 amide bonds. The molecule has 3 atom stereocenters. The number of primary amides is 1. The van der Waals surface area contributed by atoms with Gasteiger partial charge in [0.1, 0.15) is 24.3 Å². The molecule has 2 aromatic carbocycles. The van der Waals surface area contributed by atoms with E-state index >= 15 is 0 Å². The Labute approximate surface area is 224 Å². The highest BCUT2D eigenvalue weighted by Gasteiger charge is 2.42. The lowest BCUT2D eigenvalue weighted by molar-refractivity contribution is -0.122. The first-order chi connectivity index (χ1) is 17.3. The monoisotopic (exact) mass is 548 g/mol. The van der Waals surface area contributed by atoms with Crippen LogP contribution < -0.4 is 10.6 Å². The third kappa shape index (κ3) is 5.99. The summed E-state index contributed by atoms with van der Waals surface area (Å²) in [5, 5.41) is 1.10. The van der Waals surface area contributed by atoms with Crippen molar-refractivity contribution in [1.29, 1.82) is 0 Å². The topological polar surface area (TPSA) is 96.1 Å². The zero-order chi connectivity index (χ0) is 25.8. The van der Waals surface area contributed by atoms with Crippen molar-refractivity contribution in [2.45, 2.75) is 32.0 Å². The van der Waals surface area contributed by atoms with Gasteiger partial charge in [-0.1, -0.05) is 42.3 Å². The molecule has 2 aromatic rings. The Morgan fingerprint density at radius 2 is 1.86 bits per heavy atom. The van der Waals surface area contributed by atoms with Gasteiger partial charge < -0.3 is 15.4 Å². The van der Waals surface area contributed by atoms with Crippen molar-refractivity contribution in [2.75, 3.05) is 29.5 Å². The van der Waals surface area contributed by atoms with Crippen LogP contribution in [0.2, 0.25) is 10.0 Å². The number of carbonyl (C=O) groups excluding carboxylic acids is 2. The number of halogens is 2. The van der Waals surface area contributed by atoms with Gasteiger partial charge in [0.25, 0.3) is 0 Å². The number of amides is 1. The molecule has 7 nitrogen and oxygen atoms in total. The summed E-state index contributed by atoms with van der Waals surface area (Å²) in [5.74, 6) is 1.35. The van der Waals surface area contributed by atoms with Gasteiger partial charge in [-0.3, -0.25) is 13.9 Å². The largest absolute Gasteiger partial charge is 0.369 e. The maximum Gasteiger partial charge on any atom is 0.221 e. The Morgan fingerprint density at radius 3 is 2.47 bits per heavy atom. The van der Waals surface area contributed by atoms with E-state index in [0.29, 0.717) is 52.0 Å². The van der Waals surface area contributed by atoms with Crippen molar-refractivity contribution >= 4 is 57.7 Å². The quantitative estimate of drug-likeness (QED) is 0.481. The van der Waals surface area contributed by atoms with E-state index in [1.54, 1.807) is 25.1 Å². The van der Waals surface area contributed by atoms with Gasteiger partial charge in [0, 0.05) is 57.6 Å². The number of nitrogens with zero attached hydrogens (tertiary/aromatic N) is 3. The zero-order valence-electron chi connectivity index (χ0n) is 20.1. The number of hydrogen-bond acceptors (Lipinski definition) is 6. The number of benzene rings is 2. The molecule has 0 saturated carbocycles. The number of rotatable bonds is 9. The predicted octanol–water partition coefficient (Wildman–Crippen LogP) is 3.74. The molecule has 192 valence electrons. The number of nitrogens with two attached hydrogens (primary N) is 1. The van der Waals surface area contributed by atoms with Crippen LogP contribution >= 0.6 is 23.2 Å². The Hall–Kier alpha value is -2.26. The lowest BCUT2D eigenvalue weighted by Gasteiger charge is -2.36. The van der Waals surface area contributed by atoms with Crippen LogP contribution in [0.1, 0.15) is 25.3 Å². The first-order valence-electron chi connectivity index (χ1n) is 12.0. The Morgan fingerprint density at radius 1 is 1.19 bits per heavy atom. The van der Waals surface area contributed by atoms with Gasteiger partial charge in [0.05, 0.1) is 5.02 Å². The van der Waals surface area contributed by atoms with E-state index in [1.807, 2.05) is 35.2 Å². The molecule has 2 unspecified atom stereocenters. The Balaban J connectivity index is 1.76. The molecule has 0 aliphatic carbocycles. The lowest BCUT2D eigenvalue weighted by Crippen LogP contribution is -2.52. The Bertz CT molecular complexity index is 1150. The fourth-order valence-corrected chi connectivity index (χ4v) is 6.54. The number of amidine groups is 1. The minimum Gasteiger partial charge on any atom is -0.369 e. The fraction of sp³-hybridized carbons (Fsp3) is 0.423. The standard InChI is InChI=1S/C26H30Cl2N4O3S/c1-17(24(29)34)14-31(15-18-10-12-36(35)13-11-18)26-23(16-33)32(20-8-6-19(27)7-9-20)25(30-26)21-4-2-3-5-22(21)28/h2-9,16-18,23,26H,10-15H2,1H3,(H2,29,34)/t17-,18?,23?,26?,36?/m0/s1. The van der Waals surface area contributed by atoms with E-state index in [4.69, 9.17) is 33.9 Å². The maximum atomic E-state index is 12.7. The maximum absolute atomic E-state index is 12.7. The third-order valence-corrected chi connectivity index (χ3v) is 8.78. The fourth-order valence-electron chi connectivity index (χ4n) is 4.79. The smallest absolute Gasteiger partial charge is 0.221 e. The molecule has 1 saturated heterocycles. The molecule has 1 fully saturated rings. The van der Waals surface area contributed by atoms with Crippen molar-refractivity contribution in [1.82, 2.24) is 4.90 Å². The van der Waals surface area contributed by atoms with Crippen molar-refractivity contribution in [3.63, 3.8) is 0 Å². The summed E-state index contributed by atoms with van der Waals surface area (Å²) in [6.45, 7) is 2.76. The molecule has 36 heavy (non-hydrogen) atoms. The minimum atomic E-state index is -0.780. The molecular weight excluding hydrogens is 519 g/mol. The number of anilines is 1. The molecule has 2 aliphatic heterocycles. The number of carbonyl (C=O) groups is 2. The highest BCUT2D eigenvalue weighted by molar-refractivity contribution is 7.85. The average Bonchev–Trinajstić information content (AvgIpc) is 3.25. The molecule has 2 aliphatic rings. The second-order valence-corrected chi connectivity index (χ2v) is 11.9. The van der Waals surface area contributed by atoms with E-state index in [9.17, 15) is 13.8 Å². The van der Waals surface area contributed by atoms with Gasteiger partial charge in [-0.2, -0.15) is 0 Å². The summed E-state index contributed by atoms with van der Waals surface area (Å²) >= 11 is 12.7. The second-order valence-electron chi connectivity index (χ2n) is 9.37. The van der Waals surface area contributed by atoms with E-state index in [-0.39, 0.29) is 0 Å². The first kappa shape index (κ1) is 26.8. The van der Waals surface area contributed by atoms with E-state index in [2.05, 4.69) is 4.90 Å². The number of hydrogen-bond donors (Lipinski definition) is 1. The summed E-state index contributed by atoms with van der Waals surface area (Å²) in [4.78, 5) is 33.7. The molecule has 0 radical (unpaired) electrons. The van der Waals surface area contributed by atoms with Crippen LogP contribution in [0.4, 0.5) is 5.69 Å². The van der Waals surface area contributed by atoms with Crippen LogP contribution in [-0.2, 0) is 20.4 Å². The molecule has 0 spiro atoms. The van der Waals surface area contributed by atoms with E-state index in [1.165, 1.54) is 0 Å². The third-order valence-electron chi connectivity index (χ3n) is 6.81. The molecule has 0 aromatic heterocycles. The van der Waals surface area contributed by atoms with Gasteiger partial charge in [-0.05, 0) is 55.2 Å². The summed E-state index contributed by atoms with van der Waals surface area (Å²) in [7, 11) is -0.780. The summed E-state index contributed by atoms with van der Waals surface area (Å²) < 4.78 is 11.9. The highest BCUT2D eigenvalue weighted by Crippen LogP contribution is 2.33. The van der Waals surface area contributed by atoms with Crippen molar-refractivity contribution in [2.24, 2.45) is 22.6 Å².